The Morgan fingerprint density at radius 1 is 0.581 bits per heavy atom. The first-order chi connectivity index (χ1) is 20.3. The third-order valence-electron chi connectivity index (χ3n) is 7.77. The summed E-state index contributed by atoms with van der Waals surface area (Å²) < 4.78 is 12.1. The Kier molecular flexibility index (Phi) is 6.36. The van der Waals surface area contributed by atoms with E-state index in [1.165, 1.54) is 18.2 Å². The Morgan fingerprint density at radius 3 is 1.72 bits per heavy atom. The Balaban J connectivity index is 1.54. The number of aliphatic hydroxyl groups is 2. The molecule has 2 heterocycles. The van der Waals surface area contributed by atoms with E-state index >= 15 is 0 Å². The number of hydrogen-bond acceptors (Lipinski definition) is 13. The highest BCUT2D eigenvalue weighted by atomic mass is 16.5. The Labute approximate surface area is 242 Å². The molecule has 11 N–H and O–H groups in total. The van der Waals surface area contributed by atoms with Crippen molar-refractivity contribution in [3.8, 4) is 63.2 Å². The molecule has 0 aromatic heterocycles. The standard InChI is InChI=1S/C30H26O13/c31-12-1-2-13-22(7-12)42-29(11-5-19(36)26(40)20(37)6-11)27(41)23(13)24-16(33)9-15(32)14-8-21(38)28(43-30(14)24)10-3-17(34)25(39)18(35)4-10/h1-7,9,21,23,27-29,31-41H,8H2/t21-,23-,27-,28+,29+/m0/s1. The third kappa shape index (κ3) is 4.42. The van der Waals surface area contributed by atoms with Gasteiger partial charge < -0.3 is 65.6 Å². The molecule has 4 aromatic carbocycles. The van der Waals surface area contributed by atoms with Crippen molar-refractivity contribution in [2.24, 2.45) is 0 Å². The van der Waals surface area contributed by atoms with Gasteiger partial charge >= 0.3 is 0 Å². The predicted octanol–water partition coefficient (Wildman–Crippen LogP) is 2.70. The average molecular weight is 595 g/mol. The van der Waals surface area contributed by atoms with Gasteiger partial charge in [0.2, 0.25) is 0 Å². The highest BCUT2D eigenvalue weighted by Crippen LogP contribution is 2.56. The van der Waals surface area contributed by atoms with Crippen LogP contribution in [0.15, 0.2) is 48.5 Å². The van der Waals surface area contributed by atoms with Crippen LogP contribution in [0.3, 0.4) is 0 Å². The van der Waals surface area contributed by atoms with Crippen molar-refractivity contribution < 1.29 is 65.6 Å². The largest absolute Gasteiger partial charge is 0.508 e. The minimum Gasteiger partial charge on any atom is -0.508 e. The van der Waals surface area contributed by atoms with Crippen molar-refractivity contribution in [3.63, 3.8) is 0 Å². The highest BCUT2D eigenvalue weighted by Gasteiger charge is 2.45. The molecule has 0 saturated heterocycles. The van der Waals surface area contributed by atoms with Gasteiger partial charge in [-0.3, -0.25) is 0 Å². The summed E-state index contributed by atoms with van der Waals surface area (Å²) in [7, 11) is 0. The molecule has 0 spiro atoms. The normalized spacial score (nSPS) is 22.6. The molecule has 13 heteroatoms. The van der Waals surface area contributed by atoms with Gasteiger partial charge in [0.1, 0.15) is 34.9 Å². The Morgan fingerprint density at radius 2 is 1.14 bits per heavy atom. The van der Waals surface area contributed by atoms with Crippen LogP contribution < -0.4 is 9.47 Å². The first-order valence-electron chi connectivity index (χ1n) is 12.9. The Bertz CT molecular complexity index is 1720. The monoisotopic (exact) mass is 594 g/mol. The molecule has 2 aliphatic rings. The minimum atomic E-state index is -1.59. The summed E-state index contributed by atoms with van der Waals surface area (Å²) in [6, 6.07) is 9.28. The molecule has 0 saturated carbocycles. The number of ether oxygens (including phenoxy) is 2. The number of hydrogen-bond donors (Lipinski definition) is 11. The summed E-state index contributed by atoms with van der Waals surface area (Å²) in [6.07, 6.45) is -5.79. The van der Waals surface area contributed by atoms with Gasteiger partial charge in [-0.15, -0.1) is 0 Å². The number of fused-ring (bicyclic) bond motifs is 2. The Hall–Kier alpha value is -5.40. The second-order valence-electron chi connectivity index (χ2n) is 10.5. The van der Waals surface area contributed by atoms with Gasteiger partial charge in [0, 0.05) is 52.3 Å². The molecule has 4 aromatic rings. The number of phenols is 9. The van der Waals surface area contributed by atoms with Gasteiger partial charge in [0.05, 0.1) is 6.10 Å². The van der Waals surface area contributed by atoms with Crippen LogP contribution in [0, 0.1) is 0 Å². The quantitative estimate of drug-likeness (QED) is 0.153. The number of benzene rings is 4. The molecular formula is C30H26O13. The lowest BCUT2D eigenvalue weighted by Gasteiger charge is -2.40. The molecule has 5 atom stereocenters. The first kappa shape index (κ1) is 27.8. The molecule has 0 amide bonds. The lowest BCUT2D eigenvalue weighted by molar-refractivity contribution is 0.00176. The van der Waals surface area contributed by atoms with E-state index < -0.39 is 76.3 Å². The summed E-state index contributed by atoms with van der Waals surface area (Å²) in [5.74, 6) is -6.80. The molecule has 0 unspecified atom stereocenters. The summed E-state index contributed by atoms with van der Waals surface area (Å²) in [6.45, 7) is 0. The highest BCUT2D eigenvalue weighted by molar-refractivity contribution is 5.64. The molecule has 0 fully saturated rings. The smallest absolute Gasteiger partial charge is 0.200 e. The van der Waals surface area contributed by atoms with E-state index in [9.17, 15) is 56.2 Å². The van der Waals surface area contributed by atoms with Crippen LogP contribution in [0.25, 0.3) is 0 Å². The van der Waals surface area contributed by atoms with E-state index in [-0.39, 0.29) is 51.5 Å². The predicted molar refractivity (Wildman–Crippen MR) is 145 cm³/mol. The zero-order valence-corrected chi connectivity index (χ0v) is 21.9. The number of aliphatic hydroxyl groups excluding tert-OH is 2. The van der Waals surface area contributed by atoms with Crippen LogP contribution in [0.4, 0.5) is 0 Å². The van der Waals surface area contributed by atoms with Crippen LogP contribution in [-0.4, -0.2) is 68.4 Å². The van der Waals surface area contributed by atoms with E-state index in [1.807, 2.05) is 0 Å². The third-order valence-corrected chi connectivity index (χ3v) is 7.77. The van der Waals surface area contributed by atoms with Crippen molar-refractivity contribution in [1.29, 1.82) is 0 Å². The molecule has 0 radical (unpaired) electrons. The fourth-order valence-corrected chi connectivity index (χ4v) is 5.75. The topological polar surface area (TPSA) is 241 Å². The van der Waals surface area contributed by atoms with E-state index in [0.717, 1.165) is 30.3 Å². The second kappa shape index (κ2) is 9.86. The maximum absolute atomic E-state index is 11.8. The summed E-state index contributed by atoms with van der Waals surface area (Å²) in [5.41, 5.74) is 0.348. The van der Waals surface area contributed by atoms with Gasteiger partial charge in [-0.1, -0.05) is 6.07 Å². The second-order valence-corrected chi connectivity index (χ2v) is 10.5. The lowest BCUT2D eigenvalue weighted by Crippen LogP contribution is -2.36. The average Bonchev–Trinajstić information content (AvgIpc) is 2.95. The minimum absolute atomic E-state index is 0.0238. The van der Waals surface area contributed by atoms with Crippen LogP contribution in [0.2, 0.25) is 0 Å². The van der Waals surface area contributed by atoms with Gasteiger partial charge in [-0.25, -0.2) is 0 Å². The summed E-state index contributed by atoms with van der Waals surface area (Å²) in [5, 5.41) is 115. The lowest BCUT2D eigenvalue weighted by atomic mass is 9.77. The first-order valence-corrected chi connectivity index (χ1v) is 12.9. The molecule has 2 aliphatic heterocycles. The number of rotatable bonds is 3. The van der Waals surface area contributed by atoms with E-state index in [1.54, 1.807) is 0 Å². The van der Waals surface area contributed by atoms with E-state index in [0.29, 0.717) is 0 Å². The molecule has 6 rings (SSSR count). The maximum Gasteiger partial charge on any atom is 0.200 e. The molecule has 0 bridgehead atoms. The van der Waals surface area contributed by atoms with Crippen LogP contribution >= 0.6 is 0 Å². The summed E-state index contributed by atoms with van der Waals surface area (Å²) in [4.78, 5) is 0. The van der Waals surface area contributed by atoms with Crippen molar-refractivity contribution in [2.75, 3.05) is 0 Å². The van der Waals surface area contributed by atoms with Crippen LogP contribution in [0.1, 0.15) is 45.9 Å². The molecule has 13 nitrogen and oxygen atoms in total. The van der Waals surface area contributed by atoms with Crippen LogP contribution in [0.5, 0.6) is 63.2 Å². The van der Waals surface area contributed by atoms with Gasteiger partial charge in [-0.2, -0.15) is 0 Å². The molecule has 43 heavy (non-hydrogen) atoms. The van der Waals surface area contributed by atoms with E-state index in [2.05, 4.69) is 0 Å². The molecule has 0 aliphatic carbocycles. The fourth-order valence-electron chi connectivity index (χ4n) is 5.75. The zero-order chi connectivity index (χ0) is 30.9. The van der Waals surface area contributed by atoms with Crippen LogP contribution in [-0.2, 0) is 6.42 Å². The SMILES string of the molecule is Oc1ccc2c(c1)O[C@H](c1cc(O)c(O)c(O)c1)[C@@H](O)[C@@H]2c1c(O)cc(O)c2c1O[C@H](c1cc(O)c(O)c(O)c1)[C@@H](O)C2. The van der Waals surface area contributed by atoms with Gasteiger partial charge in [-0.05, 0) is 30.3 Å². The number of phenolic OH excluding ortho intramolecular Hbond substituents is 9. The summed E-state index contributed by atoms with van der Waals surface area (Å²) >= 11 is 0. The zero-order valence-electron chi connectivity index (χ0n) is 21.9. The van der Waals surface area contributed by atoms with Gasteiger partial charge in [0.15, 0.2) is 46.7 Å². The molecular weight excluding hydrogens is 568 g/mol. The maximum atomic E-state index is 11.8. The van der Waals surface area contributed by atoms with Crippen molar-refractivity contribution >= 4 is 0 Å². The molecule has 224 valence electrons. The van der Waals surface area contributed by atoms with Crippen molar-refractivity contribution in [2.45, 2.75) is 36.8 Å². The van der Waals surface area contributed by atoms with E-state index in [4.69, 9.17) is 9.47 Å². The van der Waals surface area contributed by atoms with Crippen molar-refractivity contribution in [1.82, 2.24) is 0 Å². The number of aromatic hydroxyl groups is 9. The van der Waals surface area contributed by atoms with Crippen molar-refractivity contribution in [3.05, 3.63) is 76.3 Å². The fraction of sp³-hybridized carbons (Fsp3) is 0.200. The van der Waals surface area contributed by atoms with Gasteiger partial charge in [0.25, 0.3) is 0 Å².